The molecule has 0 bridgehead atoms. The van der Waals surface area contributed by atoms with Gasteiger partial charge in [-0.05, 0) is 29.5 Å². The Morgan fingerprint density at radius 2 is 2.16 bits per heavy atom. The molecule has 1 aromatic heterocycles. The minimum atomic E-state index is -0.891. The van der Waals surface area contributed by atoms with Crippen LogP contribution in [-0.2, 0) is 11.4 Å². The van der Waals surface area contributed by atoms with Crippen molar-refractivity contribution >= 4 is 5.97 Å². The summed E-state index contributed by atoms with van der Waals surface area (Å²) in [6.45, 7) is 1.94. The predicted octanol–water partition coefficient (Wildman–Crippen LogP) is 1.29. The van der Waals surface area contributed by atoms with Crippen molar-refractivity contribution < 1.29 is 14.6 Å². The molecular weight excluding hydrogens is 248 g/mol. The molecule has 0 saturated heterocycles. The molecule has 0 amide bonds. The van der Waals surface area contributed by atoms with Crippen molar-refractivity contribution in [3.63, 3.8) is 0 Å². The largest absolute Gasteiger partial charge is 0.486 e. The van der Waals surface area contributed by atoms with Crippen LogP contribution in [-0.4, -0.2) is 31.3 Å². The van der Waals surface area contributed by atoms with Crippen molar-refractivity contribution in [3.8, 4) is 5.75 Å². The Balaban J connectivity index is 2.01. The van der Waals surface area contributed by atoms with E-state index >= 15 is 0 Å². The molecule has 7 heteroatoms. The Hall–Kier alpha value is -2.44. The van der Waals surface area contributed by atoms with Gasteiger partial charge in [0.15, 0.2) is 5.82 Å². The van der Waals surface area contributed by atoms with Gasteiger partial charge in [0.25, 0.3) is 0 Å². The quantitative estimate of drug-likeness (QED) is 0.843. The van der Waals surface area contributed by atoms with E-state index in [1.165, 1.54) is 4.68 Å². The van der Waals surface area contributed by atoms with E-state index in [4.69, 9.17) is 9.84 Å². The monoisotopic (exact) mass is 262 g/mol. The van der Waals surface area contributed by atoms with E-state index in [1.807, 2.05) is 30.3 Å². The molecule has 0 saturated carbocycles. The van der Waals surface area contributed by atoms with Crippen LogP contribution >= 0.6 is 0 Å². The van der Waals surface area contributed by atoms with Gasteiger partial charge >= 0.3 is 5.97 Å². The molecule has 0 aliphatic carbocycles. The molecule has 1 heterocycles. The number of tetrazole rings is 1. The molecule has 7 nitrogen and oxygen atoms in total. The molecule has 1 aromatic carbocycles. The van der Waals surface area contributed by atoms with Gasteiger partial charge in [-0.2, -0.15) is 0 Å². The predicted molar refractivity (Wildman–Crippen MR) is 65.6 cm³/mol. The second-order valence-corrected chi connectivity index (χ2v) is 4.09. The summed E-state index contributed by atoms with van der Waals surface area (Å²) in [4.78, 5) is 10.7. The second kappa shape index (κ2) is 5.94. The Bertz CT molecular complexity index is 541. The lowest BCUT2D eigenvalue weighted by atomic mass is 10.2. The highest BCUT2D eigenvalue weighted by molar-refractivity contribution is 5.67. The number of carboxylic acid groups (broad SMARTS) is 1. The molecule has 100 valence electrons. The SMILES string of the molecule is CC(CC(=O)O)n1nnnc1COc1ccccc1. The first-order chi connectivity index (χ1) is 9.16. The standard InChI is InChI=1S/C12H14N4O3/c1-9(7-12(17)18)16-11(13-14-15-16)8-19-10-5-3-2-4-6-10/h2-6,9H,7-8H2,1H3,(H,17,18). The van der Waals surface area contributed by atoms with Crippen LogP contribution < -0.4 is 4.74 Å². The lowest BCUT2D eigenvalue weighted by molar-refractivity contribution is -0.137. The summed E-state index contributed by atoms with van der Waals surface area (Å²) < 4.78 is 7.00. The molecular formula is C12H14N4O3. The summed E-state index contributed by atoms with van der Waals surface area (Å²) >= 11 is 0. The summed E-state index contributed by atoms with van der Waals surface area (Å²) in [5, 5.41) is 20.0. The zero-order valence-corrected chi connectivity index (χ0v) is 10.4. The van der Waals surface area contributed by atoms with Crippen LogP contribution in [0, 0.1) is 0 Å². The lowest BCUT2D eigenvalue weighted by Crippen LogP contribution is -2.16. The van der Waals surface area contributed by atoms with Crippen LogP contribution in [0.4, 0.5) is 0 Å². The average molecular weight is 262 g/mol. The molecule has 1 N–H and O–H groups in total. The van der Waals surface area contributed by atoms with E-state index in [9.17, 15) is 4.79 Å². The maximum absolute atomic E-state index is 10.7. The molecule has 2 aromatic rings. The number of ether oxygens (including phenoxy) is 1. The Morgan fingerprint density at radius 1 is 1.42 bits per heavy atom. The molecule has 0 fully saturated rings. The van der Waals surface area contributed by atoms with Crippen LogP contribution in [0.3, 0.4) is 0 Å². The fourth-order valence-corrected chi connectivity index (χ4v) is 1.65. The van der Waals surface area contributed by atoms with E-state index < -0.39 is 5.97 Å². The van der Waals surface area contributed by atoms with Gasteiger partial charge in [0.05, 0.1) is 12.5 Å². The third kappa shape index (κ3) is 3.51. The molecule has 1 atom stereocenters. The summed E-state index contributed by atoms with van der Waals surface area (Å²) in [7, 11) is 0. The summed E-state index contributed by atoms with van der Waals surface area (Å²) in [5.41, 5.74) is 0. The average Bonchev–Trinajstić information content (AvgIpc) is 2.85. The third-order valence-corrected chi connectivity index (χ3v) is 2.56. The van der Waals surface area contributed by atoms with Crippen LogP contribution in [0.15, 0.2) is 30.3 Å². The summed E-state index contributed by atoms with van der Waals surface area (Å²) in [5.74, 6) is 0.318. The molecule has 0 radical (unpaired) electrons. The first-order valence-corrected chi connectivity index (χ1v) is 5.83. The van der Waals surface area contributed by atoms with Crippen molar-refractivity contribution in [1.82, 2.24) is 20.2 Å². The number of nitrogens with zero attached hydrogens (tertiary/aromatic N) is 4. The minimum absolute atomic E-state index is 0.0383. The Kier molecular flexibility index (Phi) is 4.07. The van der Waals surface area contributed by atoms with E-state index in [0.717, 1.165) is 0 Å². The maximum atomic E-state index is 10.7. The fraction of sp³-hybridized carbons (Fsp3) is 0.333. The molecule has 0 spiro atoms. The highest BCUT2D eigenvalue weighted by Gasteiger charge is 2.16. The smallest absolute Gasteiger partial charge is 0.305 e. The topological polar surface area (TPSA) is 90.1 Å². The summed E-state index contributed by atoms with van der Waals surface area (Å²) in [6, 6.07) is 8.97. The van der Waals surface area contributed by atoms with E-state index in [2.05, 4.69) is 15.5 Å². The fourth-order valence-electron chi connectivity index (χ4n) is 1.65. The first kappa shape index (κ1) is 13.0. The third-order valence-electron chi connectivity index (χ3n) is 2.56. The van der Waals surface area contributed by atoms with Crippen molar-refractivity contribution in [3.05, 3.63) is 36.2 Å². The first-order valence-electron chi connectivity index (χ1n) is 5.83. The minimum Gasteiger partial charge on any atom is -0.486 e. The number of para-hydroxylation sites is 1. The van der Waals surface area contributed by atoms with Crippen molar-refractivity contribution in [2.24, 2.45) is 0 Å². The van der Waals surface area contributed by atoms with Crippen LogP contribution in [0.2, 0.25) is 0 Å². The number of hydrogen-bond acceptors (Lipinski definition) is 5. The molecule has 0 aliphatic heterocycles. The van der Waals surface area contributed by atoms with Crippen LogP contribution in [0.25, 0.3) is 0 Å². The second-order valence-electron chi connectivity index (χ2n) is 4.09. The Morgan fingerprint density at radius 3 is 2.84 bits per heavy atom. The zero-order chi connectivity index (χ0) is 13.7. The molecule has 0 aliphatic rings. The lowest BCUT2D eigenvalue weighted by Gasteiger charge is -2.11. The Labute approximate surface area is 109 Å². The number of rotatable bonds is 6. The molecule has 2 rings (SSSR count). The number of aromatic nitrogens is 4. The van der Waals surface area contributed by atoms with Gasteiger partial charge in [-0.15, -0.1) is 5.10 Å². The van der Waals surface area contributed by atoms with E-state index in [-0.39, 0.29) is 19.1 Å². The molecule has 19 heavy (non-hydrogen) atoms. The van der Waals surface area contributed by atoms with Gasteiger partial charge < -0.3 is 9.84 Å². The van der Waals surface area contributed by atoms with Gasteiger partial charge in [0.1, 0.15) is 12.4 Å². The van der Waals surface area contributed by atoms with Gasteiger partial charge in [-0.25, -0.2) is 4.68 Å². The number of benzene rings is 1. The number of carbonyl (C=O) groups is 1. The van der Waals surface area contributed by atoms with Gasteiger partial charge in [-0.1, -0.05) is 18.2 Å². The van der Waals surface area contributed by atoms with Crippen LogP contribution in [0.5, 0.6) is 5.75 Å². The number of carboxylic acids is 1. The normalized spacial score (nSPS) is 12.1. The summed E-state index contributed by atoms with van der Waals surface area (Å²) in [6.07, 6.45) is -0.0383. The zero-order valence-electron chi connectivity index (χ0n) is 10.4. The van der Waals surface area contributed by atoms with Gasteiger partial charge in [-0.3, -0.25) is 4.79 Å². The van der Waals surface area contributed by atoms with Crippen molar-refractivity contribution in [2.75, 3.05) is 0 Å². The molecule has 1 unspecified atom stereocenters. The van der Waals surface area contributed by atoms with E-state index in [0.29, 0.717) is 11.6 Å². The number of aliphatic carboxylic acids is 1. The van der Waals surface area contributed by atoms with Gasteiger partial charge in [0.2, 0.25) is 0 Å². The van der Waals surface area contributed by atoms with Crippen molar-refractivity contribution in [1.29, 1.82) is 0 Å². The number of hydrogen-bond donors (Lipinski definition) is 1. The van der Waals surface area contributed by atoms with E-state index in [1.54, 1.807) is 6.92 Å². The van der Waals surface area contributed by atoms with Crippen LogP contribution in [0.1, 0.15) is 25.2 Å². The van der Waals surface area contributed by atoms with Gasteiger partial charge in [0, 0.05) is 0 Å². The highest BCUT2D eigenvalue weighted by atomic mass is 16.5. The van der Waals surface area contributed by atoms with Crippen molar-refractivity contribution in [2.45, 2.75) is 26.0 Å². The maximum Gasteiger partial charge on any atom is 0.305 e. The highest BCUT2D eigenvalue weighted by Crippen LogP contribution is 2.14.